The fraction of sp³-hybridized carbons (Fsp3) is 0.200. The largest absolute Gasteiger partial charge is 0.497 e. The monoisotopic (exact) mass is 369 g/mol. The number of methoxy groups -OCH3 is 1. The summed E-state index contributed by atoms with van der Waals surface area (Å²) in [6.07, 6.45) is 0. The lowest BCUT2D eigenvalue weighted by atomic mass is 10.1. The minimum Gasteiger partial charge on any atom is -0.497 e. The first-order valence-corrected chi connectivity index (χ1v) is 8.62. The van der Waals surface area contributed by atoms with Crippen LogP contribution in [0.3, 0.4) is 0 Å². The van der Waals surface area contributed by atoms with Gasteiger partial charge in [-0.25, -0.2) is 13.1 Å². The second kappa shape index (κ2) is 6.60. The average molecular weight is 370 g/mol. The third-order valence-corrected chi connectivity index (χ3v) is 5.13. The summed E-state index contributed by atoms with van der Waals surface area (Å²) in [7, 11) is -1.98. The van der Waals surface area contributed by atoms with Gasteiger partial charge in [-0.1, -0.05) is 28.1 Å². The van der Waals surface area contributed by atoms with Crippen LogP contribution in [0.15, 0.2) is 57.9 Å². The molecule has 1 atom stereocenters. The molecule has 4 nitrogen and oxygen atoms in total. The van der Waals surface area contributed by atoms with Crippen LogP contribution in [0.25, 0.3) is 0 Å². The molecule has 21 heavy (non-hydrogen) atoms. The first kappa shape index (κ1) is 16.0. The van der Waals surface area contributed by atoms with Gasteiger partial charge in [-0.2, -0.15) is 0 Å². The van der Waals surface area contributed by atoms with Crippen LogP contribution in [0.1, 0.15) is 18.5 Å². The topological polar surface area (TPSA) is 55.4 Å². The summed E-state index contributed by atoms with van der Waals surface area (Å²) >= 11 is 3.29. The van der Waals surface area contributed by atoms with Gasteiger partial charge in [0.15, 0.2) is 0 Å². The summed E-state index contributed by atoms with van der Waals surface area (Å²) in [5.41, 5.74) is 0.843. The lowest BCUT2D eigenvalue weighted by Crippen LogP contribution is -2.26. The van der Waals surface area contributed by atoms with Crippen LogP contribution in [0.5, 0.6) is 5.75 Å². The minimum absolute atomic E-state index is 0.237. The minimum atomic E-state index is -3.56. The molecule has 2 aromatic rings. The van der Waals surface area contributed by atoms with Crippen LogP contribution in [-0.2, 0) is 10.0 Å². The molecule has 0 heterocycles. The molecule has 0 fully saturated rings. The molecule has 1 N–H and O–H groups in total. The van der Waals surface area contributed by atoms with Crippen LogP contribution in [0.4, 0.5) is 0 Å². The zero-order chi connectivity index (χ0) is 15.5. The molecule has 0 aliphatic rings. The Hall–Kier alpha value is -1.37. The van der Waals surface area contributed by atoms with Crippen molar-refractivity contribution in [3.63, 3.8) is 0 Å². The van der Waals surface area contributed by atoms with Crippen LogP contribution >= 0.6 is 15.9 Å². The van der Waals surface area contributed by atoms with Gasteiger partial charge in [0.25, 0.3) is 0 Å². The number of ether oxygens (including phenoxy) is 1. The highest BCUT2D eigenvalue weighted by Crippen LogP contribution is 2.21. The molecule has 0 saturated carbocycles. The van der Waals surface area contributed by atoms with Crippen LogP contribution in [0, 0.1) is 0 Å². The summed E-state index contributed by atoms with van der Waals surface area (Å²) in [4.78, 5) is 0.237. The standard InChI is InChI=1S/C15H16BrNO3S/c1-11(12-4-3-5-14(10-12)20-2)17-21(18,19)15-8-6-13(16)7-9-15/h3-11,17H,1-2H3. The maximum Gasteiger partial charge on any atom is 0.241 e. The molecule has 0 aliphatic carbocycles. The number of hydrogen-bond acceptors (Lipinski definition) is 3. The van der Waals surface area contributed by atoms with Gasteiger partial charge in [0.2, 0.25) is 10.0 Å². The Kier molecular flexibility index (Phi) is 5.03. The van der Waals surface area contributed by atoms with Gasteiger partial charge in [0, 0.05) is 10.5 Å². The summed E-state index contributed by atoms with van der Waals surface area (Å²) in [5.74, 6) is 0.696. The average Bonchev–Trinajstić information content (AvgIpc) is 2.47. The predicted molar refractivity (Wildman–Crippen MR) is 85.9 cm³/mol. The number of nitrogens with one attached hydrogen (secondary N) is 1. The Morgan fingerprint density at radius 3 is 2.43 bits per heavy atom. The van der Waals surface area contributed by atoms with Crippen molar-refractivity contribution in [2.75, 3.05) is 7.11 Å². The molecule has 0 aliphatic heterocycles. The quantitative estimate of drug-likeness (QED) is 0.877. The number of benzene rings is 2. The van der Waals surface area contributed by atoms with Gasteiger partial charge in [0.05, 0.1) is 12.0 Å². The van der Waals surface area contributed by atoms with E-state index >= 15 is 0 Å². The Morgan fingerprint density at radius 2 is 1.81 bits per heavy atom. The highest BCUT2D eigenvalue weighted by molar-refractivity contribution is 9.10. The molecule has 0 saturated heterocycles. The molecule has 0 radical (unpaired) electrons. The van der Waals surface area contributed by atoms with Gasteiger partial charge in [0.1, 0.15) is 5.75 Å². The molecule has 2 aromatic carbocycles. The van der Waals surface area contributed by atoms with Crippen molar-refractivity contribution in [3.8, 4) is 5.75 Å². The molecule has 6 heteroatoms. The Balaban J connectivity index is 2.21. The maximum absolute atomic E-state index is 12.3. The lowest BCUT2D eigenvalue weighted by molar-refractivity contribution is 0.413. The van der Waals surface area contributed by atoms with E-state index in [1.807, 2.05) is 24.3 Å². The molecule has 1 unspecified atom stereocenters. The Labute approximate surface area is 133 Å². The Bertz CT molecular complexity index is 714. The highest BCUT2D eigenvalue weighted by Gasteiger charge is 2.18. The zero-order valence-corrected chi connectivity index (χ0v) is 14.1. The predicted octanol–water partition coefficient (Wildman–Crippen LogP) is 3.50. The van der Waals surface area contributed by atoms with E-state index in [9.17, 15) is 8.42 Å². The van der Waals surface area contributed by atoms with E-state index in [2.05, 4.69) is 20.7 Å². The second-order valence-electron chi connectivity index (χ2n) is 4.57. The number of sulfonamides is 1. The SMILES string of the molecule is COc1cccc(C(C)NS(=O)(=O)c2ccc(Br)cc2)c1. The van der Waals surface area contributed by atoms with E-state index < -0.39 is 10.0 Å². The van der Waals surface area contributed by atoms with Crippen molar-refractivity contribution < 1.29 is 13.2 Å². The van der Waals surface area contributed by atoms with E-state index in [1.54, 1.807) is 38.3 Å². The molecule has 0 bridgehead atoms. The fourth-order valence-corrected chi connectivity index (χ4v) is 3.39. The van der Waals surface area contributed by atoms with Crippen LogP contribution < -0.4 is 9.46 Å². The van der Waals surface area contributed by atoms with E-state index in [0.29, 0.717) is 5.75 Å². The lowest BCUT2D eigenvalue weighted by Gasteiger charge is -2.15. The van der Waals surface area contributed by atoms with E-state index in [0.717, 1.165) is 10.0 Å². The van der Waals surface area contributed by atoms with Gasteiger partial charge in [-0.15, -0.1) is 0 Å². The summed E-state index contributed by atoms with van der Waals surface area (Å²) in [6, 6.07) is 13.5. The number of hydrogen-bond donors (Lipinski definition) is 1. The molecule has 0 amide bonds. The first-order valence-electron chi connectivity index (χ1n) is 6.34. The van der Waals surface area contributed by atoms with Crippen molar-refractivity contribution in [3.05, 3.63) is 58.6 Å². The highest BCUT2D eigenvalue weighted by atomic mass is 79.9. The van der Waals surface area contributed by atoms with Gasteiger partial charge in [-0.05, 0) is 48.9 Å². The number of rotatable bonds is 5. The molecule has 0 spiro atoms. The van der Waals surface area contributed by atoms with Gasteiger partial charge >= 0.3 is 0 Å². The molecule has 112 valence electrons. The zero-order valence-electron chi connectivity index (χ0n) is 11.7. The second-order valence-corrected chi connectivity index (χ2v) is 7.20. The smallest absolute Gasteiger partial charge is 0.241 e. The third-order valence-electron chi connectivity index (χ3n) is 3.05. The van der Waals surface area contributed by atoms with Gasteiger partial charge < -0.3 is 4.74 Å². The van der Waals surface area contributed by atoms with E-state index in [-0.39, 0.29) is 10.9 Å². The molecule has 0 aromatic heterocycles. The summed E-state index contributed by atoms with van der Waals surface area (Å²) in [6.45, 7) is 1.80. The fourth-order valence-electron chi connectivity index (χ4n) is 1.89. The van der Waals surface area contributed by atoms with E-state index in [1.165, 1.54) is 0 Å². The van der Waals surface area contributed by atoms with E-state index in [4.69, 9.17) is 4.74 Å². The summed E-state index contributed by atoms with van der Waals surface area (Å²) < 4.78 is 33.3. The molecule has 2 rings (SSSR count). The Morgan fingerprint density at radius 1 is 1.14 bits per heavy atom. The van der Waals surface area contributed by atoms with Crippen LogP contribution in [-0.4, -0.2) is 15.5 Å². The van der Waals surface area contributed by atoms with Crippen molar-refractivity contribution in [2.45, 2.75) is 17.9 Å². The van der Waals surface area contributed by atoms with Crippen LogP contribution in [0.2, 0.25) is 0 Å². The number of halogens is 1. The third kappa shape index (κ3) is 4.06. The van der Waals surface area contributed by atoms with Crippen molar-refractivity contribution in [1.82, 2.24) is 4.72 Å². The van der Waals surface area contributed by atoms with Crippen molar-refractivity contribution >= 4 is 26.0 Å². The molecular weight excluding hydrogens is 354 g/mol. The normalized spacial score (nSPS) is 12.9. The van der Waals surface area contributed by atoms with Crippen molar-refractivity contribution in [2.24, 2.45) is 0 Å². The maximum atomic E-state index is 12.3. The molecular formula is C15H16BrNO3S. The first-order chi connectivity index (χ1) is 9.92. The van der Waals surface area contributed by atoms with Crippen molar-refractivity contribution in [1.29, 1.82) is 0 Å². The summed E-state index contributed by atoms with van der Waals surface area (Å²) in [5, 5.41) is 0. The van der Waals surface area contributed by atoms with Gasteiger partial charge in [-0.3, -0.25) is 0 Å².